The van der Waals surface area contributed by atoms with Gasteiger partial charge in [-0.3, -0.25) is 19.1 Å². The third kappa shape index (κ3) is 5.40. The van der Waals surface area contributed by atoms with Crippen LogP contribution < -0.4 is 5.32 Å². The van der Waals surface area contributed by atoms with Crippen molar-refractivity contribution in [2.24, 2.45) is 0 Å². The van der Waals surface area contributed by atoms with Crippen LogP contribution in [-0.4, -0.2) is 37.2 Å². The number of nitrogens with one attached hydrogen (secondary N) is 1. The van der Waals surface area contributed by atoms with Gasteiger partial charge in [-0.1, -0.05) is 53.7 Å². The molecule has 1 amide bonds. The van der Waals surface area contributed by atoms with Gasteiger partial charge >= 0.3 is 0 Å². The van der Waals surface area contributed by atoms with Gasteiger partial charge in [-0.2, -0.15) is 0 Å². The van der Waals surface area contributed by atoms with Gasteiger partial charge in [-0.25, -0.2) is 0 Å². The average Bonchev–Trinajstić information content (AvgIpc) is 3.27. The van der Waals surface area contributed by atoms with Crippen LogP contribution in [0.5, 0.6) is 0 Å². The SMILES string of the molecule is CC(=O)NC(C)c1ccc(C(=O)CSc2nnc(-c3ccncc3)n2-c2ccc(C)cc2)cc1. The van der Waals surface area contributed by atoms with Crippen LogP contribution in [0.2, 0.25) is 0 Å². The van der Waals surface area contributed by atoms with Gasteiger partial charge in [-0.15, -0.1) is 10.2 Å². The molecule has 1 atom stereocenters. The molecule has 0 saturated carbocycles. The molecule has 4 aromatic rings. The number of amides is 1. The summed E-state index contributed by atoms with van der Waals surface area (Å²) in [6, 6.07) is 19.1. The highest BCUT2D eigenvalue weighted by Gasteiger charge is 2.18. The van der Waals surface area contributed by atoms with Crippen molar-refractivity contribution >= 4 is 23.5 Å². The number of aromatic nitrogens is 4. The zero-order valence-electron chi connectivity index (χ0n) is 19.2. The first-order valence-electron chi connectivity index (χ1n) is 10.9. The Labute approximate surface area is 202 Å². The molecule has 1 unspecified atom stereocenters. The van der Waals surface area contributed by atoms with Crippen LogP contribution >= 0.6 is 11.8 Å². The highest BCUT2D eigenvalue weighted by Crippen LogP contribution is 2.28. The van der Waals surface area contributed by atoms with Crippen LogP contribution in [-0.2, 0) is 4.79 Å². The molecule has 0 radical (unpaired) electrons. The van der Waals surface area contributed by atoms with Crippen LogP contribution in [0.25, 0.3) is 17.1 Å². The normalized spacial score (nSPS) is 11.7. The fourth-order valence-corrected chi connectivity index (χ4v) is 4.38. The zero-order chi connectivity index (χ0) is 24.1. The maximum atomic E-state index is 12.9. The summed E-state index contributed by atoms with van der Waals surface area (Å²) in [5.41, 5.74) is 4.53. The first-order valence-corrected chi connectivity index (χ1v) is 11.9. The topological polar surface area (TPSA) is 89.8 Å². The van der Waals surface area contributed by atoms with Gasteiger partial charge in [0.2, 0.25) is 5.91 Å². The van der Waals surface area contributed by atoms with Crippen molar-refractivity contribution in [3.63, 3.8) is 0 Å². The van der Waals surface area contributed by atoms with Gasteiger partial charge < -0.3 is 5.32 Å². The first kappa shape index (κ1) is 23.4. The van der Waals surface area contributed by atoms with Crippen LogP contribution in [0.1, 0.15) is 41.4 Å². The number of carbonyl (C=O) groups is 2. The smallest absolute Gasteiger partial charge is 0.217 e. The maximum Gasteiger partial charge on any atom is 0.217 e. The second kappa shape index (κ2) is 10.4. The van der Waals surface area contributed by atoms with Gasteiger partial charge in [-0.05, 0) is 43.7 Å². The molecule has 0 bridgehead atoms. The maximum absolute atomic E-state index is 12.9. The predicted octanol–water partition coefficient (Wildman–Crippen LogP) is 4.81. The van der Waals surface area contributed by atoms with Crippen LogP contribution in [0.3, 0.4) is 0 Å². The molecular formula is C26H25N5O2S. The number of nitrogens with zero attached hydrogens (tertiary/aromatic N) is 4. The molecule has 2 aromatic heterocycles. The molecular weight excluding hydrogens is 446 g/mol. The van der Waals surface area contributed by atoms with Crippen LogP contribution in [0, 0.1) is 6.92 Å². The molecule has 0 spiro atoms. The number of aryl methyl sites for hydroxylation is 1. The molecule has 7 nitrogen and oxygen atoms in total. The highest BCUT2D eigenvalue weighted by molar-refractivity contribution is 7.99. The Morgan fingerprint density at radius 1 is 0.971 bits per heavy atom. The first-order chi connectivity index (χ1) is 16.4. The number of hydrogen-bond donors (Lipinski definition) is 1. The molecule has 0 saturated heterocycles. The van der Waals surface area contributed by atoms with Crippen molar-refractivity contribution in [1.29, 1.82) is 0 Å². The van der Waals surface area contributed by atoms with Gasteiger partial charge in [0.25, 0.3) is 0 Å². The number of ketones is 1. The van der Waals surface area contributed by atoms with E-state index >= 15 is 0 Å². The molecule has 4 rings (SSSR count). The molecule has 0 aliphatic rings. The lowest BCUT2D eigenvalue weighted by Crippen LogP contribution is -2.23. The summed E-state index contributed by atoms with van der Waals surface area (Å²) in [4.78, 5) is 28.3. The van der Waals surface area contributed by atoms with E-state index in [9.17, 15) is 9.59 Å². The number of Topliss-reactive ketones (excluding diaryl/α,β-unsaturated/α-hetero) is 1. The molecule has 34 heavy (non-hydrogen) atoms. The summed E-state index contributed by atoms with van der Waals surface area (Å²) >= 11 is 1.35. The molecule has 0 aliphatic heterocycles. The molecule has 172 valence electrons. The van der Waals surface area contributed by atoms with Crippen molar-refractivity contribution in [2.75, 3.05) is 5.75 Å². The van der Waals surface area contributed by atoms with Gasteiger partial charge in [0.1, 0.15) is 0 Å². The Kier molecular flexibility index (Phi) is 7.18. The van der Waals surface area contributed by atoms with Crippen molar-refractivity contribution in [3.8, 4) is 17.1 Å². The van der Waals surface area contributed by atoms with E-state index in [4.69, 9.17) is 0 Å². The Morgan fingerprint density at radius 2 is 1.65 bits per heavy atom. The quantitative estimate of drug-likeness (QED) is 0.293. The summed E-state index contributed by atoms with van der Waals surface area (Å²) in [5.74, 6) is 0.819. The third-order valence-corrected chi connectivity index (χ3v) is 6.28. The minimum Gasteiger partial charge on any atom is -0.350 e. The van der Waals surface area contributed by atoms with Crippen molar-refractivity contribution in [3.05, 3.63) is 89.7 Å². The van der Waals surface area contributed by atoms with Crippen LogP contribution in [0.4, 0.5) is 0 Å². The second-order valence-corrected chi connectivity index (χ2v) is 8.91. The lowest BCUT2D eigenvalue weighted by atomic mass is 10.0. The number of carbonyl (C=O) groups excluding carboxylic acids is 2. The monoisotopic (exact) mass is 471 g/mol. The molecule has 8 heteroatoms. The zero-order valence-corrected chi connectivity index (χ0v) is 20.0. The third-order valence-electron chi connectivity index (χ3n) is 5.35. The number of benzene rings is 2. The van der Waals surface area contributed by atoms with Gasteiger partial charge in [0.05, 0.1) is 11.8 Å². The molecule has 0 fully saturated rings. The Balaban J connectivity index is 1.55. The van der Waals surface area contributed by atoms with Crippen molar-refractivity contribution in [1.82, 2.24) is 25.1 Å². The fraction of sp³-hybridized carbons (Fsp3) is 0.192. The van der Waals surface area contributed by atoms with E-state index in [-0.39, 0.29) is 23.5 Å². The number of pyridine rings is 1. The lowest BCUT2D eigenvalue weighted by Gasteiger charge is -2.13. The van der Waals surface area contributed by atoms with E-state index < -0.39 is 0 Å². The molecule has 2 heterocycles. The van der Waals surface area contributed by atoms with Gasteiger partial charge in [0.15, 0.2) is 16.8 Å². The van der Waals surface area contributed by atoms with Crippen LogP contribution in [0.15, 0.2) is 78.2 Å². The standard InChI is InChI=1S/C26H25N5O2S/c1-17-4-10-23(11-5-17)31-25(22-12-14-27-15-13-22)29-30-26(31)34-16-24(33)21-8-6-20(7-9-21)18(2)28-19(3)32/h4-15,18H,16H2,1-3H3,(H,28,32). The van der Waals surface area contributed by atoms with E-state index in [1.807, 2.05) is 66.9 Å². The molecule has 1 N–H and O–H groups in total. The average molecular weight is 472 g/mol. The summed E-state index contributed by atoms with van der Waals surface area (Å²) in [6.45, 7) is 5.43. The van der Waals surface area contributed by atoms with Crippen molar-refractivity contribution in [2.45, 2.75) is 32.0 Å². The van der Waals surface area contributed by atoms with E-state index in [1.54, 1.807) is 24.5 Å². The Bertz CT molecular complexity index is 1290. The largest absolute Gasteiger partial charge is 0.350 e. The second-order valence-electron chi connectivity index (χ2n) is 7.97. The molecule has 2 aromatic carbocycles. The van der Waals surface area contributed by atoms with E-state index in [0.717, 1.165) is 22.4 Å². The summed E-state index contributed by atoms with van der Waals surface area (Å²) in [7, 11) is 0. The Hall–Kier alpha value is -3.78. The number of hydrogen-bond acceptors (Lipinski definition) is 6. The lowest BCUT2D eigenvalue weighted by molar-refractivity contribution is -0.119. The number of thioether (sulfide) groups is 1. The molecule has 0 aliphatic carbocycles. The minimum absolute atomic E-state index is 0.00681. The van der Waals surface area contributed by atoms with E-state index in [0.29, 0.717) is 16.5 Å². The fourth-order valence-electron chi connectivity index (χ4n) is 3.54. The number of rotatable bonds is 8. The predicted molar refractivity (Wildman–Crippen MR) is 133 cm³/mol. The van der Waals surface area contributed by atoms with Gasteiger partial charge in [0, 0.05) is 36.1 Å². The van der Waals surface area contributed by atoms with E-state index in [1.165, 1.54) is 18.7 Å². The van der Waals surface area contributed by atoms with Crippen molar-refractivity contribution < 1.29 is 9.59 Å². The summed E-state index contributed by atoms with van der Waals surface area (Å²) in [6.07, 6.45) is 3.44. The van der Waals surface area contributed by atoms with E-state index in [2.05, 4.69) is 20.5 Å². The highest BCUT2D eigenvalue weighted by atomic mass is 32.2. The Morgan fingerprint density at radius 3 is 2.29 bits per heavy atom. The summed E-state index contributed by atoms with van der Waals surface area (Å²) < 4.78 is 1.96. The minimum atomic E-state index is -0.115. The summed E-state index contributed by atoms with van der Waals surface area (Å²) in [5, 5.41) is 12.3.